The van der Waals surface area contributed by atoms with Gasteiger partial charge in [0.2, 0.25) is 0 Å². The average molecular weight is 342 g/mol. The number of benzene rings is 2. The van der Waals surface area contributed by atoms with Crippen LogP contribution in [0.5, 0.6) is 0 Å². The molecule has 21 heavy (non-hydrogen) atoms. The number of carbonyl (C=O) groups excluding carboxylic acids is 1. The van der Waals surface area contributed by atoms with Gasteiger partial charge in [0.05, 0.1) is 5.52 Å². The molecule has 1 aromatic heterocycles. The Labute approximate surface area is 130 Å². The molecular weight excluding hydrogens is 330 g/mol. The molecule has 0 saturated carbocycles. The van der Waals surface area contributed by atoms with Gasteiger partial charge in [-0.05, 0) is 30.3 Å². The van der Waals surface area contributed by atoms with Gasteiger partial charge in [-0.2, -0.15) is 0 Å². The fourth-order valence-corrected chi connectivity index (χ4v) is 2.48. The summed E-state index contributed by atoms with van der Waals surface area (Å²) in [5.74, 6) is -0.287. The van der Waals surface area contributed by atoms with Gasteiger partial charge in [0.1, 0.15) is 5.69 Å². The van der Waals surface area contributed by atoms with E-state index in [9.17, 15) is 4.79 Å². The van der Waals surface area contributed by atoms with Crippen LogP contribution >= 0.6 is 15.9 Å². The monoisotopic (exact) mass is 341 g/mol. The van der Waals surface area contributed by atoms with Crippen LogP contribution in [-0.2, 0) is 0 Å². The molecule has 0 spiro atoms. The van der Waals surface area contributed by atoms with Crippen molar-refractivity contribution in [1.82, 2.24) is 4.98 Å². The van der Waals surface area contributed by atoms with E-state index in [4.69, 9.17) is 5.73 Å². The molecule has 0 atom stereocenters. The number of fused-ring (bicyclic) bond motifs is 1. The molecule has 3 aromatic rings. The third kappa shape index (κ3) is 2.87. The molecule has 0 aliphatic rings. The number of hydrogen-bond donors (Lipinski definition) is 2. The summed E-state index contributed by atoms with van der Waals surface area (Å²) in [6.45, 7) is 0. The van der Waals surface area contributed by atoms with Gasteiger partial charge in [-0.15, -0.1) is 0 Å². The summed E-state index contributed by atoms with van der Waals surface area (Å²) < 4.78 is 0.895. The lowest BCUT2D eigenvalue weighted by Crippen LogP contribution is -2.14. The maximum absolute atomic E-state index is 12.3. The van der Waals surface area contributed by atoms with Crippen molar-refractivity contribution in [2.24, 2.45) is 0 Å². The van der Waals surface area contributed by atoms with Crippen molar-refractivity contribution in [3.05, 3.63) is 64.8 Å². The standard InChI is InChI=1S/C16H12BrN3O/c17-10-4-3-5-11(8-10)19-16(21)15-9-13(18)12-6-1-2-7-14(12)20-15/h1-9H,(H2,18,20)(H,19,21). The fraction of sp³-hybridized carbons (Fsp3) is 0. The van der Waals surface area contributed by atoms with Crippen molar-refractivity contribution >= 4 is 44.1 Å². The smallest absolute Gasteiger partial charge is 0.274 e. The van der Waals surface area contributed by atoms with Crippen molar-refractivity contribution in [2.45, 2.75) is 0 Å². The van der Waals surface area contributed by atoms with Gasteiger partial charge in [-0.1, -0.05) is 40.2 Å². The first kappa shape index (κ1) is 13.6. The molecule has 3 rings (SSSR count). The molecule has 4 nitrogen and oxygen atoms in total. The SMILES string of the molecule is Nc1cc(C(=O)Nc2cccc(Br)c2)nc2ccccc12. The van der Waals surface area contributed by atoms with E-state index in [1.807, 2.05) is 48.5 Å². The Morgan fingerprint density at radius 1 is 1.10 bits per heavy atom. The first-order chi connectivity index (χ1) is 10.1. The molecule has 0 bridgehead atoms. The number of hydrogen-bond acceptors (Lipinski definition) is 3. The summed E-state index contributed by atoms with van der Waals surface area (Å²) in [4.78, 5) is 16.6. The van der Waals surface area contributed by atoms with Gasteiger partial charge < -0.3 is 11.1 Å². The highest BCUT2D eigenvalue weighted by Crippen LogP contribution is 2.21. The molecule has 5 heteroatoms. The van der Waals surface area contributed by atoms with E-state index in [0.717, 1.165) is 9.86 Å². The number of halogens is 1. The minimum atomic E-state index is -0.287. The molecule has 0 saturated heterocycles. The second-order valence-electron chi connectivity index (χ2n) is 4.58. The summed E-state index contributed by atoms with van der Waals surface area (Å²) in [6.07, 6.45) is 0. The van der Waals surface area contributed by atoms with E-state index in [1.165, 1.54) is 0 Å². The third-order valence-corrected chi connectivity index (χ3v) is 3.56. The quantitative estimate of drug-likeness (QED) is 0.744. The molecule has 0 unspecified atom stereocenters. The van der Waals surface area contributed by atoms with Crippen molar-refractivity contribution in [1.29, 1.82) is 0 Å². The van der Waals surface area contributed by atoms with E-state index >= 15 is 0 Å². The first-order valence-electron chi connectivity index (χ1n) is 6.36. The number of anilines is 2. The topological polar surface area (TPSA) is 68.0 Å². The van der Waals surface area contributed by atoms with Gasteiger partial charge in [0, 0.05) is 21.2 Å². The van der Waals surface area contributed by atoms with Crippen LogP contribution < -0.4 is 11.1 Å². The number of pyridine rings is 1. The van der Waals surface area contributed by atoms with E-state index in [1.54, 1.807) is 6.07 Å². The van der Waals surface area contributed by atoms with Gasteiger partial charge in [-0.3, -0.25) is 4.79 Å². The lowest BCUT2D eigenvalue weighted by molar-refractivity contribution is 0.102. The second kappa shape index (κ2) is 5.54. The maximum atomic E-state index is 12.3. The molecule has 1 amide bonds. The molecule has 1 heterocycles. The Bertz CT molecular complexity index is 833. The number of nitrogens with two attached hydrogens (primary N) is 1. The third-order valence-electron chi connectivity index (χ3n) is 3.06. The molecule has 0 aliphatic heterocycles. The molecule has 3 N–H and O–H groups in total. The lowest BCUT2D eigenvalue weighted by atomic mass is 10.1. The Kier molecular flexibility index (Phi) is 3.58. The highest BCUT2D eigenvalue weighted by molar-refractivity contribution is 9.10. The molecule has 0 aliphatic carbocycles. The van der Waals surface area contributed by atoms with Gasteiger partial charge in [0.25, 0.3) is 5.91 Å². The van der Waals surface area contributed by atoms with Crippen LogP contribution in [0, 0.1) is 0 Å². The number of nitrogens with zero attached hydrogens (tertiary/aromatic N) is 1. The Hall–Kier alpha value is -2.40. The number of nitrogens with one attached hydrogen (secondary N) is 1. The minimum absolute atomic E-state index is 0.287. The van der Waals surface area contributed by atoms with Crippen LogP contribution in [0.2, 0.25) is 0 Å². The molecule has 2 aromatic carbocycles. The van der Waals surface area contributed by atoms with Crippen LogP contribution in [0.1, 0.15) is 10.5 Å². The predicted octanol–water partition coefficient (Wildman–Crippen LogP) is 3.83. The maximum Gasteiger partial charge on any atom is 0.274 e. The highest BCUT2D eigenvalue weighted by atomic mass is 79.9. The van der Waals surface area contributed by atoms with Gasteiger partial charge >= 0.3 is 0 Å². The Morgan fingerprint density at radius 3 is 2.71 bits per heavy atom. The normalized spacial score (nSPS) is 10.5. The first-order valence-corrected chi connectivity index (χ1v) is 7.15. The number of aromatic nitrogens is 1. The average Bonchev–Trinajstić information content (AvgIpc) is 2.47. The lowest BCUT2D eigenvalue weighted by Gasteiger charge is -2.08. The zero-order chi connectivity index (χ0) is 14.8. The summed E-state index contributed by atoms with van der Waals surface area (Å²) in [5, 5.41) is 3.65. The van der Waals surface area contributed by atoms with Gasteiger partial charge in [-0.25, -0.2) is 4.98 Å². The van der Waals surface area contributed by atoms with Crippen LogP contribution in [-0.4, -0.2) is 10.9 Å². The summed E-state index contributed by atoms with van der Waals surface area (Å²) in [7, 11) is 0. The zero-order valence-corrected chi connectivity index (χ0v) is 12.6. The molecule has 0 radical (unpaired) electrons. The van der Waals surface area contributed by atoms with Crippen LogP contribution in [0.15, 0.2) is 59.1 Å². The van der Waals surface area contributed by atoms with E-state index in [0.29, 0.717) is 22.6 Å². The van der Waals surface area contributed by atoms with E-state index in [-0.39, 0.29) is 5.91 Å². The molecular formula is C16H12BrN3O. The summed E-state index contributed by atoms with van der Waals surface area (Å²) >= 11 is 3.37. The summed E-state index contributed by atoms with van der Waals surface area (Å²) in [5.41, 5.74) is 8.23. The molecule has 0 fully saturated rings. The number of nitrogen functional groups attached to an aromatic ring is 1. The Balaban J connectivity index is 1.94. The largest absolute Gasteiger partial charge is 0.398 e. The number of amides is 1. The van der Waals surface area contributed by atoms with Crippen LogP contribution in [0.25, 0.3) is 10.9 Å². The zero-order valence-electron chi connectivity index (χ0n) is 11.0. The predicted molar refractivity (Wildman–Crippen MR) is 88.3 cm³/mol. The van der Waals surface area contributed by atoms with E-state index in [2.05, 4.69) is 26.2 Å². The van der Waals surface area contributed by atoms with Crippen molar-refractivity contribution in [3.63, 3.8) is 0 Å². The highest BCUT2D eigenvalue weighted by Gasteiger charge is 2.11. The number of para-hydroxylation sites is 1. The van der Waals surface area contributed by atoms with Crippen LogP contribution in [0.4, 0.5) is 11.4 Å². The Morgan fingerprint density at radius 2 is 1.90 bits per heavy atom. The van der Waals surface area contributed by atoms with E-state index < -0.39 is 0 Å². The number of carbonyl (C=O) groups is 1. The number of rotatable bonds is 2. The molecule has 104 valence electrons. The summed E-state index contributed by atoms with van der Waals surface area (Å²) in [6, 6.07) is 16.4. The minimum Gasteiger partial charge on any atom is -0.398 e. The van der Waals surface area contributed by atoms with Crippen molar-refractivity contribution in [3.8, 4) is 0 Å². The second-order valence-corrected chi connectivity index (χ2v) is 5.49. The van der Waals surface area contributed by atoms with Crippen molar-refractivity contribution < 1.29 is 4.79 Å². The van der Waals surface area contributed by atoms with Crippen molar-refractivity contribution in [2.75, 3.05) is 11.1 Å². The van der Waals surface area contributed by atoms with Gasteiger partial charge in [0.15, 0.2) is 0 Å². The fourth-order valence-electron chi connectivity index (χ4n) is 2.08. The van der Waals surface area contributed by atoms with Crippen LogP contribution in [0.3, 0.4) is 0 Å².